The summed E-state index contributed by atoms with van der Waals surface area (Å²) in [5.74, 6) is 2.82. The molecule has 0 saturated carbocycles. The second-order valence-corrected chi connectivity index (χ2v) is 5.77. The molecule has 1 atom stereocenters. The summed E-state index contributed by atoms with van der Waals surface area (Å²) in [6.45, 7) is 0.355. The van der Waals surface area contributed by atoms with Gasteiger partial charge in [-0.15, -0.1) is 0 Å². The Morgan fingerprint density at radius 3 is 3.00 bits per heavy atom. The highest BCUT2D eigenvalue weighted by atomic mass is 35.5. The zero-order valence-electron chi connectivity index (χ0n) is 10.0. The minimum Gasteiger partial charge on any atom is -0.488 e. The molecule has 98 valence electrons. The van der Waals surface area contributed by atoms with Crippen LogP contribution in [0.1, 0.15) is 23.2 Å². The summed E-state index contributed by atoms with van der Waals surface area (Å²) < 4.78 is 5.81. The van der Waals surface area contributed by atoms with Crippen LogP contribution in [0.5, 0.6) is 5.75 Å². The summed E-state index contributed by atoms with van der Waals surface area (Å²) in [6.07, 6.45) is 1.63. The number of ketones is 1. The van der Waals surface area contributed by atoms with Crippen molar-refractivity contribution in [1.29, 1.82) is 0 Å². The molecule has 3 nitrogen and oxygen atoms in total. The van der Waals surface area contributed by atoms with Crippen LogP contribution < -0.4 is 10.5 Å². The third kappa shape index (κ3) is 3.40. The van der Waals surface area contributed by atoms with Crippen LogP contribution in [0.15, 0.2) is 18.2 Å². The summed E-state index contributed by atoms with van der Waals surface area (Å²) in [4.78, 5) is 11.7. The first-order chi connectivity index (χ1) is 8.70. The molecule has 0 spiro atoms. The number of ether oxygens (including phenoxy) is 1. The molecular formula is C13H16ClNO2S. The second kappa shape index (κ2) is 6.45. The smallest absolute Gasteiger partial charge is 0.164 e. The highest BCUT2D eigenvalue weighted by molar-refractivity contribution is 7.99. The van der Waals surface area contributed by atoms with Gasteiger partial charge < -0.3 is 10.5 Å². The van der Waals surface area contributed by atoms with Crippen LogP contribution in [0, 0.1) is 0 Å². The summed E-state index contributed by atoms with van der Waals surface area (Å²) in [5, 5.41) is 0.495. The first-order valence-corrected chi connectivity index (χ1v) is 7.51. The van der Waals surface area contributed by atoms with Crippen molar-refractivity contribution in [3.63, 3.8) is 0 Å². The van der Waals surface area contributed by atoms with E-state index < -0.39 is 0 Å². The summed E-state index contributed by atoms with van der Waals surface area (Å²) in [7, 11) is 0. The standard InChI is InChI=1S/C13H16ClNO2S/c14-11-7-9(12(16)3-5-15)1-2-13(11)17-10-4-6-18-8-10/h1-2,7,10H,3-6,8,15H2. The van der Waals surface area contributed by atoms with E-state index in [9.17, 15) is 4.79 Å². The highest BCUT2D eigenvalue weighted by Crippen LogP contribution is 2.30. The minimum absolute atomic E-state index is 0.0161. The van der Waals surface area contributed by atoms with Gasteiger partial charge in [-0.2, -0.15) is 11.8 Å². The molecule has 1 unspecified atom stereocenters. The second-order valence-electron chi connectivity index (χ2n) is 4.21. The third-order valence-electron chi connectivity index (χ3n) is 2.81. The summed E-state index contributed by atoms with van der Waals surface area (Å²) in [6, 6.07) is 5.19. The molecule has 0 aliphatic carbocycles. The van der Waals surface area contributed by atoms with Crippen LogP contribution in [0.3, 0.4) is 0 Å². The average Bonchev–Trinajstić information content (AvgIpc) is 2.85. The molecule has 1 aromatic rings. The Kier molecular flexibility index (Phi) is 4.92. The van der Waals surface area contributed by atoms with Gasteiger partial charge >= 0.3 is 0 Å². The summed E-state index contributed by atoms with van der Waals surface area (Å²) in [5.41, 5.74) is 5.96. The maximum atomic E-state index is 11.7. The topological polar surface area (TPSA) is 52.3 Å². The fourth-order valence-electron chi connectivity index (χ4n) is 1.83. The first-order valence-electron chi connectivity index (χ1n) is 5.98. The molecule has 0 bridgehead atoms. The molecule has 0 amide bonds. The van der Waals surface area contributed by atoms with Gasteiger partial charge in [-0.05, 0) is 36.9 Å². The van der Waals surface area contributed by atoms with Gasteiger partial charge in [0.2, 0.25) is 0 Å². The monoisotopic (exact) mass is 285 g/mol. The molecule has 0 radical (unpaired) electrons. The maximum Gasteiger partial charge on any atom is 0.164 e. The zero-order valence-corrected chi connectivity index (χ0v) is 11.6. The number of carbonyl (C=O) groups is 1. The van der Waals surface area contributed by atoms with Crippen molar-refractivity contribution in [2.45, 2.75) is 18.9 Å². The van der Waals surface area contributed by atoms with E-state index in [1.54, 1.807) is 18.2 Å². The Labute approximate surface area is 116 Å². The number of nitrogens with two attached hydrogens (primary N) is 1. The van der Waals surface area contributed by atoms with Crippen molar-refractivity contribution in [2.75, 3.05) is 18.1 Å². The zero-order chi connectivity index (χ0) is 13.0. The average molecular weight is 286 g/mol. The Balaban J connectivity index is 2.06. The Morgan fingerprint density at radius 2 is 2.39 bits per heavy atom. The lowest BCUT2D eigenvalue weighted by atomic mass is 10.1. The van der Waals surface area contributed by atoms with E-state index in [-0.39, 0.29) is 11.9 Å². The van der Waals surface area contributed by atoms with Gasteiger partial charge in [0.15, 0.2) is 5.78 Å². The van der Waals surface area contributed by atoms with E-state index in [0.29, 0.717) is 29.3 Å². The van der Waals surface area contributed by atoms with Gasteiger partial charge in [0.05, 0.1) is 5.02 Å². The van der Waals surface area contributed by atoms with Gasteiger partial charge in [-0.3, -0.25) is 4.79 Å². The molecule has 1 fully saturated rings. The number of hydrogen-bond acceptors (Lipinski definition) is 4. The normalized spacial score (nSPS) is 18.9. The Hall–Kier alpha value is -0.710. The molecule has 0 aromatic heterocycles. The van der Waals surface area contributed by atoms with E-state index in [1.165, 1.54) is 0 Å². The van der Waals surface area contributed by atoms with Crippen molar-refractivity contribution in [1.82, 2.24) is 0 Å². The molecule has 1 aliphatic heterocycles. The Morgan fingerprint density at radius 1 is 1.56 bits per heavy atom. The number of thioether (sulfide) groups is 1. The van der Waals surface area contributed by atoms with Crippen LogP contribution in [-0.2, 0) is 0 Å². The number of halogens is 1. The molecule has 18 heavy (non-hydrogen) atoms. The van der Waals surface area contributed by atoms with Crippen LogP contribution in [0.4, 0.5) is 0 Å². The lowest BCUT2D eigenvalue weighted by molar-refractivity contribution is 0.0985. The van der Waals surface area contributed by atoms with Gasteiger partial charge in [-0.1, -0.05) is 11.6 Å². The van der Waals surface area contributed by atoms with Crippen LogP contribution >= 0.6 is 23.4 Å². The van der Waals surface area contributed by atoms with E-state index in [0.717, 1.165) is 17.9 Å². The molecule has 5 heteroatoms. The van der Waals surface area contributed by atoms with Crippen molar-refractivity contribution >= 4 is 29.1 Å². The van der Waals surface area contributed by atoms with Gasteiger partial charge in [0, 0.05) is 17.7 Å². The van der Waals surface area contributed by atoms with Crippen LogP contribution in [0.2, 0.25) is 5.02 Å². The third-order valence-corrected chi connectivity index (χ3v) is 4.23. The molecule has 1 aliphatic rings. The fourth-order valence-corrected chi connectivity index (χ4v) is 3.15. The minimum atomic E-state index is 0.0161. The number of Topliss-reactive ketones (excluding diaryl/α,β-unsaturated/α-hetero) is 1. The fraction of sp³-hybridized carbons (Fsp3) is 0.462. The van der Waals surface area contributed by atoms with Crippen molar-refractivity contribution in [3.8, 4) is 5.75 Å². The maximum absolute atomic E-state index is 11.7. The van der Waals surface area contributed by atoms with E-state index in [2.05, 4.69) is 0 Å². The van der Waals surface area contributed by atoms with Crippen molar-refractivity contribution in [3.05, 3.63) is 28.8 Å². The number of hydrogen-bond donors (Lipinski definition) is 1. The number of benzene rings is 1. The predicted octanol–water partition coefficient (Wildman–Crippen LogP) is 2.76. The van der Waals surface area contributed by atoms with Crippen LogP contribution in [0.25, 0.3) is 0 Å². The first kappa shape index (κ1) is 13.7. The van der Waals surface area contributed by atoms with Crippen LogP contribution in [-0.4, -0.2) is 29.9 Å². The molecule has 1 aromatic carbocycles. The largest absolute Gasteiger partial charge is 0.488 e. The summed E-state index contributed by atoms with van der Waals surface area (Å²) >= 11 is 8.02. The molecule has 2 N–H and O–H groups in total. The molecular weight excluding hydrogens is 270 g/mol. The highest BCUT2D eigenvalue weighted by Gasteiger charge is 2.18. The van der Waals surface area contributed by atoms with Crippen molar-refractivity contribution < 1.29 is 9.53 Å². The van der Waals surface area contributed by atoms with E-state index in [1.807, 2.05) is 11.8 Å². The predicted molar refractivity (Wildman–Crippen MR) is 75.8 cm³/mol. The SMILES string of the molecule is NCCC(=O)c1ccc(OC2CCSC2)c(Cl)c1. The quantitative estimate of drug-likeness (QED) is 0.845. The Bertz CT molecular complexity index is 433. The molecule has 1 saturated heterocycles. The number of rotatable bonds is 5. The van der Waals surface area contributed by atoms with E-state index >= 15 is 0 Å². The number of carbonyl (C=O) groups excluding carboxylic acids is 1. The lowest BCUT2D eigenvalue weighted by Crippen LogP contribution is -2.15. The van der Waals surface area contributed by atoms with Gasteiger partial charge in [0.1, 0.15) is 11.9 Å². The molecule has 2 rings (SSSR count). The van der Waals surface area contributed by atoms with E-state index in [4.69, 9.17) is 22.1 Å². The van der Waals surface area contributed by atoms with Gasteiger partial charge in [-0.25, -0.2) is 0 Å². The van der Waals surface area contributed by atoms with Gasteiger partial charge in [0.25, 0.3) is 0 Å². The van der Waals surface area contributed by atoms with Crippen molar-refractivity contribution in [2.24, 2.45) is 5.73 Å². The lowest BCUT2D eigenvalue weighted by Gasteiger charge is -2.14. The molecule has 1 heterocycles.